The number of halogens is 1. The molecule has 4 rings (SSSR count). The molecule has 1 fully saturated rings. The van der Waals surface area contributed by atoms with Crippen LogP contribution in [-0.4, -0.2) is 24.5 Å². The van der Waals surface area contributed by atoms with Crippen LogP contribution in [0.5, 0.6) is 5.75 Å². The van der Waals surface area contributed by atoms with Gasteiger partial charge in [-0.2, -0.15) is 0 Å². The van der Waals surface area contributed by atoms with Crippen molar-refractivity contribution in [3.8, 4) is 5.75 Å². The molecule has 0 saturated carbocycles. The van der Waals surface area contributed by atoms with Gasteiger partial charge in [-0.25, -0.2) is 0 Å². The molecule has 0 spiro atoms. The Morgan fingerprint density at radius 2 is 1.87 bits per heavy atom. The molecule has 2 aliphatic rings. The highest BCUT2D eigenvalue weighted by Gasteiger charge is 2.20. The largest absolute Gasteiger partial charge is 0.488 e. The van der Waals surface area contributed by atoms with Gasteiger partial charge in [-0.05, 0) is 60.8 Å². The molecule has 2 nitrogen and oxygen atoms in total. The lowest BCUT2D eigenvalue weighted by atomic mass is 9.94. The highest BCUT2D eigenvalue weighted by atomic mass is 79.9. The number of hydrogen-bond acceptors (Lipinski definition) is 2. The number of likely N-dealkylation sites (tertiary alicyclic amines) is 1. The van der Waals surface area contributed by atoms with Crippen molar-refractivity contribution in [2.45, 2.75) is 19.4 Å². The first-order chi connectivity index (χ1) is 11.3. The van der Waals surface area contributed by atoms with Gasteiger partial charge in [-0.15, -0.1) is 0 Å². The molecule has 1 saturated heterocycles. The highest BCUT2D eigenvalue weighted by molar-refractivity contribution is 9.10. The Bertz CT molecular complexity index is 747. The van der Waals surface area contributed by atoms with Crippen molar-refractivity contribution in [3.63, 3.8) is 0 Å². The van der Waals surface area contributed by atoms with E-state index in [2.05, 4.69) is 63.3 Å². The molecule has 0 atom stereocenters. The van der Waals surface area contributed by atoms with Gasteiger partial charge in [-0.1, -0.05) is 46.3 Å². The monoisotopic (exact) mass is 369 g/mol. The first-order valence-electron chi connectivity index (χ1n) is 8.25. The van der Waals surface area contributed by atoms with Crippen molar-refractivity contribution in [1.29, 1.82) is 0 Å². The molecule has 3 heteroatoms. The Kier molecular flexibility index (Phi) is 4.23. The average Bonchev–Trinajstić information content (AvgIpc) is 3.03. The molecule has 23 heavy (non-hydrogen) atoms. The number of nitrogens with zero attached hydrogens (tertiary/aromatic N) is 1. The SMILES string of the molecule is Brc1ccc2c(c1)C(=CCN1CCCC1)c1ccccc1CO2. The first-order valence-corrected chi connectivity index (χ1v) is 9.04. The van der Waals surface area contributed by atoms with E-state index in [9.17, 15) is 0 Å². The van der Waals surface area contributed by atoms with Gasteiger partial charge in [0.25, 0.3) is 0 Å². The Balaban J connectivity index is 1.80. The highest BCUT2D eigenvalue weighted by Crippen LogP contribution is 2.38. The van der Waals surface area contributed by atoms with Gasteiger partial charge in [-0.3, -0.25) is 4.90 Å². The van der Waals surface area contributed by atoms with Crippen LogP contribution >= 0.6 is 15.9 Å². The summed E-state index contributed by atoms with van der Waals surface area (Å²) in [6.07, 6.45) is 5.03. The van der Waals surface area contributed by atoms with Crippen molar-refractivity contribution in [3.05, 3.63) is 69.7 Å². The van der Waals surface area contributed by atoms with E-state index >= 15 is 0 Å². The summed E-state index contributed by atoms with van der Waals surface area (Å²) in [4.78, 5) is 2.53. The minimum absolute atomic E-state index is 0.631. The zero-order valence-corrected chi connectivity index (χ0v) is 14.7. The van der Waals surface area contributed by atoms with E-state index in [1.807, 2.05) is 6.07 Å². The van der Waals surface area contributed by atoms with Crippen LogP contribution in [0, 0.1) is 0 Å². The Hall–Kier alpha value is -1.58. The fraction of sp³-hybridized carbons (Fsp3) is 0.300. The molecule has 2 heterocycles. The van der Waals surface area contributed by atoms with E-state index in [1.54, 1.807) is 0 Å². The number of hydrogen-bond donors (Lipinski definition) is 0. The van der Waals surface area contributed by atoms with E-state index in [4.69, 9.17) is 4.74 Å². The number of rotatable bonds is 2. The van der Waals surface area contributed by atoms with Crippen molar-refractivity contribution in [1.82, 2.24) is 4.90 Å². The summed E-state index contributed by atoms with van der Waals surface area (Å²) in [7, 11) is 0. The lowest BCUT2D eigenvalue weighted by molar-refractivity contribution is 0.307. The Morgan fingerprint density at radius 1 is 1.04 bits per heavy atom. The average molecular weight is 370 g/mol. The molecule has 0 aromatic heterocycles. The molecule has 0 radical (unpaired) electrons. The van der Waals surface area contributed by atoms with Crippen LogP contribution in [0.25, 0.3) is 5.57 Å². The number of fused-ring (bicyclic) bond motifs is 2. The van der Waals surface area contributed by atoms with Gasteiger partial charge in [0.15, 0.2) is 0 Å². The molecule has 0 bridgehead atoms. The normalized spacial score (nSPS) is 19.1. The van der Waals surface area contributed by atoms with Crippen molar-refractivity contribution in [2.75, 3.05) is 19.6 Å². The third-order valence-electron chi connectivity index (χ3n) is 4.67. The second-order valence-corrected chi connectivity index (χ2v) is 7.13. The van der Waals surface area contributed by atoms with Gasteiger partial charge in [0.05, 0.1) is 0 Å². The molecule has 2 aromatic rings. The van der Waals surface area contributed by atoms with Crippen LogP contribution in [0.2, 0.25) is 0 Å². The van der Waals surface area contributed by atoms with Crippen LogP contribution in [0.15, 0.2) is 53.0 Å². The van der Waals surface area contributed by atoms with Gasteiger partial charge >= 0.3 is 0 Å². The predicted octanol–water partition coefficient (Wildman–Crippen LogP) is 4.87. The lowest BCUT2D eigenvalue weighted by Gasteiger charge is -2.15. The molecular weight excluding hydrogens is 350 g/mol. The molecule has 0 aliphatic carbocycles. The molecule has 0 unspecified atom stereocenters. The molecular formula is C20H20BrNO. The summed E-state index contributed by atoms with van der Waals surface area (Å²) in [6, 6.07) is 14.9. The smallest absolute Gasteiger partial charge is 0.127 e. The van der Waals surface area contributed by atoms with Gasteiger partial charge in [0, 0.05) is 16.6 Å². The van der Waals surface area contributed by atoms with Crippen LogP contribution in [0.4, 0.5) is 0 Å². The quantitative estimate of drug-likeness (QED) is 0.748. The van der Waals surface area contributed by atoms with Crippen LogP contribution in [-0.2, 0) is 6.61 Å². The maximum atomic E-state index is 6.06. The first kappa shape index (κ1) is 15.0. The number of benzene rings is 2. The topological polar surface area (TPSA) is 12.5 Å². The summed E-state index contributed by atoms with van der Waals surface area (Å²) in [6.45, 7) is 4.07. The third kappa shape index (κ3) is 3.08. The van der Waals surface area contributed by atoms with Gasteiger partial charge in [0.2, 0.25) is 0 Å². The van der Waals surface area contributed by atoms with Crippen LogP contribution in [0.3, 0.4) is 0 Å². The Morgan fingerprint density at radius 3 is 2.74 bits per heavy atom. The number of ether oxygens (including phenoxy) is 1. The third-order valence-corrected chi connectivity index (χ3v) is 5.17. The summed E-state index contributed by atoms with van der Waals surface area (Å²) in [5.74, 6) is 0.970. The summed E-state index contributed by atoms with van der Waals surface area (Å²) < 4.78 is 7.15. The lowest BCUT2D eigenvalue weighted by Crippen LogP contribution is -2.19. The van der Waals surface area contributed by atoms with Gasteiger partial charge in [0.1, 0.15) is 12.4 Å². The van der Waals surface area contributed by atoms with E-state index in [0.717, 1.165) is 16.8 Å². The van der Waals surface area contributed by atoms with E-state index in [-0.39, 0.29) is 0 Å². The molecule has 2 aromatic carbocycles. The van der Waals surface area contributed by atoms with E-state index in [1.165, 1.54) is 48.2 Å². The maximum absolute atomic E-state index is 6.06. The van der Waals surface area contributed by atoms with Crippen molar-refractivity contribution in [2.24, 2.45) is 0 Å². The van der Waals surface area contributed by atoms with E-state index in [0.29, 0.717) is 6.61 Å². The van der Waals surface area contributed by atoms with Crippen molar-refractivity contribution >= 4 is 21.5 Å². The second-order valence-electron chi connectivity index (χ2n) is 6.21. The Labute approximate surface area is 145 Å². The fourth-order valence-electron chi connectivity index (χ4n) is 3.45. The van der Waals surface area contributed by atoms with Crippen LogP contribution in [0.1, 0.15) is 29.5 Å². The molecule has 0 amide bonds. The second kappa shape index (κ2) is 6.50. The molecule has 0 N–H and O–H groups in total. The predicted molar refractivity (Wildman–Crippen MR) is 97.7 cm³/mol. The van der Waals surface area contributed by atoms with Crippen molar-refractivity contribution < 1.29 is 4.74 Å². The molecule has 118 valence electrons. The summed E-state index contributed by atoms with van der Waals surface area (Å²) in [5.41, 5.74) is 5.03. The summed E-state index contributed by atoms with van der Waals surface area (Å²) >= 11 is 3.61. The standard InChI is InChI=1S/C20H20BrNO/c21-16-7-8-20-19(13-16)18(9-12-22-10-3-4-11-22)17-6-2-1-5-15(17)14-23-20/h1-2,5-9,13H,3-4,10-12,14H2. The van der Waals surface area contributed by atoms with E-state index < -0.39 is 0 Å². The minimum atomic E-state index is 0.631. The minimum Gasteiger partial charge on any atom is -0.488 e. The zero-order chi connectivity index (χ0) is 15.6. The summed E-state index contributed by atoms with van der Waals surface area (Å²) in [5, 5.41) is 0. The molecule has 2 aliphatic heterocycles. The fourth-order valence-corrected chi connectivity index (χ4v) is 3.81. The maximum Gasteiger partial charge on any atom is 0.127 e. The zero-order valence-electron chi connectivity index (χ0n) is 13.1. The van der Waals surface area contributed by atoms with Crippen LogP contribution < -0.4 is 4.74 Å². The van der Waals surface area contributed by atoms with Gasteiger partial charge < -0.3 is 4.74 Å².